The Hall–Kier alpha value is -1.47. The second-order valence-corrected chi connectivity index (χ2v) is 2.52. The van der Waals surface area contributed by atoms with Gasteiger partial charge in [0.15, 0.2) is 0 Å². The number of aromatic nitrogens is 2. The van der Waals surface area contributed by atoms with E-state index in [1.165, 1.54) is 17.1 Å². The van der Waals surface area contributed by atoms with Crippen molar-refractivity contribution < 1.29 is 15.1 Å². The van der Waals surface area contributed by atoms with Gasteiger partial charge >= 0.3 is 5.82 Å². The number of rotatable bonds is 4. The molecule has 1 aromatic rings. The molecule has 0 aliphatic carbocycles. The quantitative estimate of drug-likeness (QED) is 0.472. The first-order valence-electron chi connectivity index (χ1n) is 3.58. The Morgan fingerprint density at radius 3 is 2.92 bits per heavy atom. The van der Waals surface area contributed by atoms with Gasteiger partial charge in [0.1, 0.15) is 6.20 Å². The van der Waals surface area contributed by atoms with Crippen LogP contribution in [0.4, 0.5) is 5.82 Å². The Morgan fingerprint density at radius 1 is 1.77 bits per heavy atom. The molecule has 1 unspecified atom stereocenters. The number of nitrogens with zero attached hydrogens (tertiary/aromatic N) is 3. The van der Waals surface area contributed by atoms with E-state index in [4.69, 9.17) is 10.2 Å². The topological polar surface area (TPSA) is 101 Å². The smallest absolute Gasteiger partial charge is 0.381 e. The van der Waals surface area contributed by atoms with Crippen molar-refractivity contribution in [2.24, 2.45) is 0 Å². The predicted molar refractivity (Wildman–Crippen MR) is 42.0 cm³/mol. The summed E-state index contributed by atoms with van der Waals surface area (Å²) < 4.78 is 1.35. The van der Waals surface area contributed by atoms with Crippen LogP contribution in [0.15, 0.2) is 12.5 Å². The molecule has 0 aliphatic rings. The van der Waals surface area contributed by atoms with Crippen LogP contribution >= 0.6 is 0 Å². The minimum absolute atomic E-state index is 0.0946. The van der Waals surface area contributed by atoms with E-state index in [9.17, 15) is 10.1 Å². The Labute approximate surface area is 73.4 Å². The lowest BCUT2D eigenvalue weighted by molar-refractivity contribution is -0.389. The fourth-order valence-electron chi connectivity index (χ4n) is 0.844. The van der Waals surface area contributed by atoms with Gasteiger partial charge in [-0.25, -0.2) is 0 Å². The summed E-state index contributed by atoms with van der Waals surface area (Å²) in [4.78, 5) is 13.0. The third-order valence-corrected chi connectivity index (χ3v) is 1.44. The van der Waals surface area contributed by atoms with Crippen LogP contribution in [0.3, 0.4) is 0 Å². The van der Waals surface area contributed by atoms with Gasteiger partial charge < -0.3 is 24.9 Å². The molecule has 0 aromatic carbocycles. The summed E-state index contributed by atoms with van der Waals surface area (Å²) >= 11 is 0. The lowest BCUT2D eigenvalue weighted by Crippen LogP contribution is -2.18. The van der Waals surface area contributed by atoms with Crippen LogP contribution in [0, 0.1) is 10.1 Å². The molecule has 13 heavy (non-hydrogen) atoms. The standard InChI is InChI=1S/C6H9N3O4/c10-3-5(11)1-8-2-6(7-4-8)9(12)13/h2,4-5,10-11H,1,3H2. The van der Waals surface area contributed by atoms with E-state index >= 15 is 0 Å². The van der Waals surface area contributed by atoms with E-state index in [2.05, 4.69) is 4.98 Å². The maximum Gasteiger partial charge on any atom is 0.381 e. The molecule has 72 valence electrons. The zero-order valence-corrected chi connectivity index (χ0v) is 6.70. The van der Waals surface area contributed by atoms with Gasteiger partial charge in [-0.1, -0.05) is 0 Å². The van der Waals surface area contributed by atoms with Crippen molar-refractivity contribution in [3.63, 3.8) is 0 Å². The van der Waals surface area contributed by atoms with E-state index in [1.807, 2.05) is 0 Å². The summed E-state index contributed by atoms with van der Waals surface area (Å²) in [5, 5.41) is 27.7. The van der Waals surface area contributed by atoms with E-state index in [0.29, 0.717) is 0 Å². The predicted octanol–water partition coefficient (Wildman–Crippen LogP) is -0.856. The third-order valence-electron chi connectivity index (χ3n) is 1.44. The highest BCUT2D eigenvalue weighted by atomic mass is 16.6. The lowest BCUT2D eigenvalue weighted by atomic mass is 10.4. The Bertz CT molecular complexity index is 298. The molecular formula is C6H9N3O4. The average Bonchev–Trinajstić information content (AvgIpc) is 2.52. The SMILES string of the molecule is O=[N+]([O-])c1cn(CC(O)CO)cn1. The molecule has 1 atom stereocenters. The summed E-state index contributed by atoms with van der Waals surface area (Å²) in [5.41, 5.74) is 0. The van der Waals surface area contributed by atoms with Gasteiger partial charge in [0, 0.05) is 0 Å². The molecule has 1 heterocycles. The van der Waals surface area contributed by atoms with Crippen LogP contribution in [0.1, 0.15) is 0 Å². The van der Waals surface area contributed by atoms with Crippen molar-refractivity contribution >= 4 is 5.82 Å². The highest BCUT2D eigenvalue weighted by molar-refractivity contribution is 5.12. The first-order valence-corrected chi connectivity index (χ1v) is 3.58. The zero-order valence-electron chi connectivity index (χ0n) is 6.70. The molecule has 0 saturated carbocycles. The molecular weight excluding hydrogens is 178 g/mol. The number of hydrogen-bond acceptors (Lipinski definition) is 5. The monoisotopic (exact) mass is 187 g/mol. The third kappa shape index (κ3) is 2.49. The normalized spacial score (nSPS) is 12.8. The van der Waals surface area contributed by atoms with Gasteiger partial charge in [-0.2, -0.15) is 0 Å². The van der Waals surface area contributed by atoms with Crippen LogP contribution < -0.4 is 0 Å². The molecule has 0 aliphatic heterocycles. The minimum Gasteiger partial charge on any atom is -0.394 e. The van der Waals surface area contributed by atoms with Crippen molar-refractivity contribution in [1.82, 2.24) is 9.55 Å². The van der Waals surface area contributed by atoms with Crippen molar-refractivity contribution in [2.75, 3.05) is 6.61 Å². The van der Waals surface area contributed by atoms with Crippen LogP contribution in [-0.4, -0.2) is 37.4 Å². The van der Waals surface area contributed by atoms with Crippen molar-refractivity contribution in [3.05, 3.63) is 22.6 Å². The fourth-order valence-corrected chi connectivity index (χ4v) is 0.844. The number of nitro groups is 1. The molecule has 0 spiro atoms. The fraction of sp³-hybridized carbons (Fsp3) is 0.500. The largest absolute Gasteiger partial charge is 0.394 e. The highest BCUT2D eigenvalue weighted by Crippen LogP contribution is 2.05. The second-order valence-electron chi connectivity index (χ2n) is 2.52. The average molecular weight is 187 g/mol. The van der Waals surface area contributed by atoms with Gasteiger partial charge in [0.2, 0.25) is 6.33 Å². The van der Waals surface area contributed by atoms with Crippen molar-refractivity contribution in [2.45, 2.75) is 12.6 Å². The maximum absolute atomic E-state index is 10.2. The van der Waals surface area contributed by atoms with Gasteiger partial charge in [-0.15, -0.1) is 0 Å². The molecule has 1 rings (SSSR count). The summed E-state index contributed by atoms with van der Waals surface area (Å²) in [6.45, 7) is -0.288. The molecule has 2 N–H and O–H groups in total. The lowest BCUT2D eigenvalue weighted by Gasteiger charge is -2.04. The highest BCUT2D eigenvalue weighted by Gasteiger charge is 2.11. The molecule has 7 nitrogen and oxygen atoms in total. The van der Waals surface area contributed by atoms with Crippen LogP contribution in [0.5, 0.6) is 0 Å². The minimum atomic E-state index is -0.922. The molecule has 0 amide bonds. The summed E-state index contributed by atoms with van der Waals surface area (Å²) in [5.74, 6) is -0.273. The molecule has 7 heteroatoms. The molecule has 1 aromatic heterocycles. The Kier molecular flexibility index (Phi) is 2.93. The Balaban J connectivity index is 2.64. The second kappa shape index (κ2) is 3.97. The van der Waals surface area contributed by atoms with Crippen molar-refractivity contribution in [3.8, 4) is 0 Å². The molecule has 0 saturated heterocycles. The number of aliphatic hydroxyl groups is 2. The number of imidazole rings is 1. The van der Waals surface area contributed by atoms with Gasteiger partial charge in [-0.3, -0.25) is 0 Å². The summed E-state index contributed by atoms with van der Waals surface area (Å²) in [6.07, 6.45) is 1.50. The maximum atomic E-state index is 10.2. The van der Waals surface area contributed by atoms with Crippen LogP contribution in [-0.2, 0) is 6.54 Å². The van der Waals surface area contributed by atoms with Gasteiger partial charge in [0.05, 0.1) is 19.3 Å². The van der Waals surface area contributed by atoms with E-state index in [1.54, 1.807) is 0 Å². The number of hydrogen-bond donors (Lipinski definition) is 2. The Morgan fingerprint density at radius 2 is 2.46 bits per heavy atom. The summed E-state index contributed by atoms with van der Waals surface area (Å²) in [7, 11) is 0. The van der Waals surface area contributed by atoms with Gasteiger partial charge in [0.25, 0.3) is 0 Å². The molecule has 0 radical (unpaired) electrons. The zero-order chi connectivity index (χ0) is 9.84. The first kappa shape index (κ1) is 9.62. The first-order chi connectivity index (χ1) is 6.13. The molecule has 0 bridgehead atoms. The van der Waals surface area contributed by atoms with Crippen molar-refractivity contribution in [1.29, 1.82) is 0 Å². The molecule has 0 fully saturated rings. The summed E-state index contributed by atoms with van der Waals surface area (Å²) in [6, 6.07) is 0. The van der Waals surface area contributed by atoms with E-state index in [0.717, 1.165) is 0 Å². The van der Waals surface area contributed by atoms with Gasteiger partial charge in [-0.05, 0) is 9.91 Å². The van der Waals surface area contributed by atoms with E-state index in [-0.39, 0.29) is 19.0 Å². The van der Waals surface area contributed by atoms with Crippen LogP contribution in [0.2, 0.25) is 0 Å². The van der Waals surface area contributed by atoms with Crippen LogP contribution in [0.25, 0.3) is 0 Å². The van der Waals surface area contributed by atoms with E-state index < -0.39 is 11.0 Å². The number of aliphatic hydroxyl groups excluding tert-OH is 2.